The first-order valence-corrected chi connectivity index (χ1v) is 8.41. The van der Waals surface area contributed by atoms with Crippen molar-refractivity contribution in [1.82, 2.24) is 14.3 Å². The summed E-state index contributed by atoms with van der Waals surface area (Å²) in [4.78, 5) is 12.2. The Morgan fingerprint density at radius 2 is 1.83 bits per heavy atom. The van der Waals surface area contributed by atoms with E-state index in [9.17, 15) is 4.79 Å². The van der Waals surface area contributed by atoms with E-state index in [0.29, 0.717) is 0 Å². The molecule has 122 valence electrons. The van der Waals surface area contributed by atoms with Crippen molar-refractivity contribution in [2.45, 2.75) is 26.3 Å². The Bertz CT molecular complexity index is 930. The maximum absolute atomic E-state index is 12.2. The van der Waals surface area contributed by atoms with Gasteiger partial charge < -0.3 is 4.57 Å². The Balaban J connectivity index is 1.81. The topological polar surface area (TPSA) is 39.8 Å². The first-order valence-electron chi connectivity index (χ1n) is 8.41. The van der Waals surface area contributed by atoms with Crippen molar-refractivity contribution >= 4 is 0 Å². The summed E-state index contributed by atoms with van der Waals surface area (Å²) in [7, 11) is 1.79. The molecule has 2 heterocycles. The number of pyridine rings is 1. The molecule has 0 bridgehead atoms. The summed E-state index contributed by atoms with van der Waals surface area (Å²) in [5.74, 6) is 0.787. The molecule has 1 aromatic carbocycles. The summed E-state index contributed by atoms with van der Waals surface area (Å²) in [6.07, 6.45) is 8.53. The molecule has 4 rings (SSSR count). The number of rotatable bonds is 4. The molecule has 4 heteroatoms. The van der Waals surface area contributed by atoms with E-state index in [0.717, 1.165) is 34.7 Å². The van der Waals surface area contributed by atoms with Crippen LogP contribution < -0.4 is 5.56 Å². The predicted molar refractivity (Wildman–Crippen MR) is 95.8 cm³/mol. The lowest BCUT2D eigenvalue weighted by atomic mass is 9.97. The molecular formula is C20H21N3O. The van der Waals surface area contributed by atoms with E-state index in [-0.39, 0.29) is 5.56 Å². The van der Waals surface area contributed by atoms with Crippen LogP contribution in [-0.2, 0) is 13.6 Å². The molecule has 0 radical (unpaired) electrons. The van der Waals surface area contributed by atoms with Crippen molar-refractivity contribution in [1.29, 1.82) is 0 Å². The van der Waals surface area contributed by atoms with Gasteiger partial charge in [-0.2, -0.15) is 5.10 Å². The smallest absolute Gasteiger partial charge is 0.250 e. The summed E-state index contributed by atoms with van der Waals surface area (Å²) in [6, 6.07) is 10.0. The third-order valence-corrected chi connectivity index (χ3v) is 4.68. The molecule has 1 saturated carbocycles. The zero-order valence-corrected chi connectivity index (χ0v) is 14.1. The number of benzene rings is 1. The van der Waals surface area contributed by atoms with E-state index < -0.39 is 0 Å². The lowest BCUT2D eigenvalue weighted by molar-refractivity contribution is 0.563. The maximum Gasteiger partial charge on any atom is 0.250 e. The zero-order chi connectivity index (χ0) is 16.7. The normalized spacial score (nSPS) is 14.1. The van der Waals surface area contributed by atoms with Gasteiger partial charge in [0.2, 0.25) is 0 Å². The largest absolute Gasteiger partial charge is 0.318 e. The van der Waals surface area contributed by atoms with Gasteiger partial charge in [-0.05, 0) is 36.8 Å². The van der Waals surface area contributed by atoms with Crippen LogP contribution in [0.3, 0.4) is 0 Å². The van der Waals surface area contributed by atoms with Crippen LogP contribution in [0.5, 0.6) is 0 Å². The Kier molecular flexibility index (Phi) is 3.60. The second kappa shape index (κ2) is 5.78. The minimum Gasteiger partial charge on any atom is -0.318 e. The Hall–Kier alpha value is -2.62. The van der Waals surface area contributed by atoms with Gasteiger partial charge in [0.05, 0.1) is 6.20 Å². The summed E-state index contributed by atoms with van der Waals surface area (Å²) >= 11 is 0. The molecule has 0 amide bonds. The third kappa shape index (κ3) is 2.92. The van der Waals surface area contributed by atoms with Crippen molar-refractivity contribution in [2.24, 2.45) is 13.0 Å². The molecule has 24 heavy (non-hydrogen) atoms. The number of nitrogens with zero attached hydrogens (tertiary/aromatic N) is 3. The fourth-order valence-corrected chi connectivity index (χ4v) is 3.00. The molecule has 3 aromatic rings. The number of hydrogen-bond donors (Lipinski definition) is 0. The SMILES string of the molecule is Cc1ccc(-c2cc(=O)n(C)cc2-c2cnn(CC3CC3)c2)cc1. The number of hydrogen-bond acceptors (Lipinski definition) is 2. The molecule has 0 atom stereocenters. The fourth-order valence-electron chi connectivity index (χ4n) is 3.00. The third-order valence-electron chi connectivity index (χ3n) is 4.68. The number of aryl methyl sites for hydroxylation is 2. The van der Waals surface area contributed by atoms with Gasteiger partial charge in [0.25, 0.3) is 5.56 Å². The highest BCUT2D eigenvalue weighted by Gasteiger charge is 2.22. The molecular weight excluding hydrogens is 298 g/mol. The van der Waals surface area contributed by atoms with Crippen molar-refractivity contribution in [2.75, 3.05) is 0 Å². The molecule has 1 fully saturated rings. The fraction of sp³-hybridized carbons (Fsp3) is 0.300. The molecule has 0 unspecified atom stereocenters. The molecule has 0 aliphatic heterocycles. The Morgan fingerprint density at radius 3 is 2.54 bits per heavy atom. The summed E-state index contributed by atoms with van der Waals surface area (Å²) in [6.45, 7) is 3.06. The molecule has 2 aromatic heterocycles. The molecule has 1 aliphatic carbocycles. The van der Waals surface area contributed by atoms with Gasteiger partial charge in [-0.25, -0.2) is 0 Å². The van der Waals surface area contributed by atoms with Crippen LogP contribution in [0.1, 0.15) is 18.4 Å². The van der Waals surface area contributed by atoms with Crippen molar-refractivity contribution < 1.29 is 0 Å². The average molecular weight is 319 g/mol. The van der Waals surface area contributed by atoms with Gasteiger partial charge >= 0.3 is 0 Å². The maximum atomic E-state index is 12.2. The minimum atomic E-state index is -0.000280. The molecule has 4 nitrogen and oxygen atoms in total. The van der Waals surface area contributed by atoms with Crippen LogP contribution in [0.4, 0.5) is 0 Å². The molecule has 0 N–H and O–H groups in total. The van der Waals surface area contributed by atoms with Gasteiger partial charge in [-0.1, -0.05) is 29.8 Å². The lowest BCUT2D eigenvalue weighted by Gasteiger charge is -2.10. The van der Waals surface area contributed by atoms with E-state index >= 15 is 0 Å². The second-order valence-electron chi connectivity index (χ2n) is 6.81. The van der Waals surface area contributed by atoms with Crippen LogP contribution in [0.15, 0.2) is 53.7 Å². The molecule has 0 spiro atoms. The lowest BCUT2D eigenvalue weighted by Crippen LogP contribution is -2.15. The van der Waals surface area contributed by atoms with Crippen molar-refractivity contribution in [3.63, 3.8) is 0 Å². The van der Waals surface area contributed by atoms with Crippen LogP contribution in [-0.4, -0.2) is 14.3 Å². The van der Waals surface area contributed by atoms with Gasteiger partial charge in [-0.3, -0.25) is 9.48 Å². The monoisotopic (exact) mass is 319 g/mol. The van der Waals surface area contributed by atoms with Gasteiger partial charge in [0, 0.05) is 43.2 Å². The average Bonchev–Trinajstić information content (AvgIpc) is 3.26. The van der Waals surface area contributed by atoms with Gasteiger partial charge in [-0.15, -0.1) is 0 Å². The van der Waals surface area contributed by atoms with E-state index in [1.54, 1.807) is 17.7 Å². The van der Waals surface area contributed by atoms with Gasteiger partial charge in [0.15, 0.2) is 0 Å². The Morgan fingerprint density at radius 1 is 1.08 bits per heavy atom. The second-order valence-corrected chi connectivity index (χ2v) is 6.81. The zero-order valence-electron chi connectivity index (χ0n) is 14.1. The molecule has 1 aliphatic rings. The summed E-state index contributed by atoms with van der Waals surface area (Å²) < 4.78 is 3.66. The van der Waals surface area contributed by atoms with E-state index in [4.69, 9.17) is 0 Å². The van der Waals surface area contributed by atoms with Crippen LogP contribution in [0.25, 0.3) is 22.3 Å². The first kappa shape index (κ1) is 14.9. The summed E-state index contributed by atoms with van der Waals surface area (Å²) in [5, 5.41) is 4.50. The van der Waals surface area contributed by atoms with Crippen LogP contribution >= 0.6 is 0 Å². The van der Waals surface area contributed by atoms with Crippen LogP contribution in [0.2, 0.25) is 0 Å². The van der Waals surface area contributed by atoms with Crippen LogP contribution in [0, 0.1) is 12.8 Å². The highest BCUT2D eigenvalue weighted by Crippen LogP contribution is 2.33. The standard InChI is InChI=1S/C20H21N3O/c1-14-3-7-16(8-4-14)18-9-20(24)22(2)13-19(18)17-10-21-23(12-17)11-15-5-6-15/h3-4,7-10,12-13,15H,5-6,11H2,1-2H3. The Labute approximate surface area is 141 Å². The summed E-state index contributed by atoms with van der Waals surface area (Å²) in [5.41, 5.74) is 5.33. The first-order chi connectivity index (χ1) is 11.6. The van der Waals surface area contributed by atoms with Crippen molar-refractivity contribution in [3.8, 4) is 22.3 Å². The van der Waals surface area contributed by atoms with Gasteiger partial charge in [0.1, 0.15) is 0 Å². The predicted octanol–water partition coefficient (Wildman–Crippen LogP) is 3.63. The number of aromatic nitrogens is 3. The highest BCUT2D eigenvalue weighted by molar-refractivity contribution is 5.82. The highest BCUT2D eigenvalue weighted by atomic mass is 16.1. The van der Waals surface area contributed by atoms with E-state index in [1.807, 2.05) is 17.1 Å². The molecule has 0 saturated heterocycles. The van der Waals surface area contributed by atoms with E-state index in [1.165, 1.54) is 18.4 Å². The quantitative estimate of drug-likeness (QED) is 0.736. The van der Waals surface area contributed by atoms with E-state index in [2.05, 4.69) is 42.5 Å². The minimum absolute atomic E-state index is 0.000280. The van der Waals surface area contributed by atoms with Crippen molar-refractivity contribution in [3.05, 3.63) is 64.8 Å².